The number of hydrogen-bond acceptors (Lipinski definition) is 3. The molecule has 1 N–H and O–H groups in total. The van der Waals surface area contributed by atoms with Crippen molar-refractivity contribution >= 4 is 6.09 Å². The molecule has 98 valence electrons. The molecule has 4 nitrogen and oxygen atoms in total. The molecule has 1 amide bonds. The zero-order chi connectivity index (χ0) is 13.1. The van der Waals surface area contributed by atoms with Crippen LogP contribution in [0.1, 0.15) is 34.1 Å². The summed E-state index contributed by atoms with van der Waals surface area (Å²) in [6.07, 6.45) is 0.776. The average molecular weight is 240 g/mol. The van der Waals surface area contributed by atoms with Gasteiger partial charge in [-0.05, 0) is 40.7 Å². The molecular formula is C13H24N2O2. The van der Waals surface area contributed by atoms with E-state index < -0.39 is 5.60 Å². The summed E-state index contributed by atoms with van der Waals surface area (Å²) in [5.74, 6) is 0. The van der Waals surface area contributed by atoms with Crippen molar-refractivity contribution in [1.29, 1.82) is 0 Å². The summed E-state index contributed by atoms with van der Waals surface area (Å²) in [6, 6.07) is 0.405. The maximum absolute atomic E-state index is 11.6. The second-order valence-electron chi connectivity index (χ2n) is 5.74. The van der Waals surface area contributed by atoms with Crippen LogP contribution in [0.25, 0.3) is 0 Å². The number of rotatable bonds is 4. The zero-order valence-electron chi connectivity index (χ0n) is 11.4. The van der Waals surface area contributed by atoms with Crippen LogP contribution in [-0.4, -0.2) is 42.3 Å². The maximum atomic E-state index is 11.6. The zero-order valence-corrected chi connectivity index (χ0v) is 11.4. The topological polar surface area (TPSA) is 41.6 Å². The minimum atomic E-state index is -0.407. The molecule has 0 aromatic carbocycles. The Kier molecular flexibility index (Phi) is 4.57. The molecule has 1 rings (SSSR count). The lowest BCUT2D eigenvalue weighted by molar-refractivity contribution is 0.00542. The van der Waals surface area contributed by atoms with Gasteiger partial charge in [0.1, 0.15) is 5.60 Å². The summed E-state index contributed by atoms with van der Waals surface area (Å²) < 4.78 is 5.28. The van der Waals surface area contributed by atoms with Crippen LogP contribution in [0, 0.1) is 0 Å². The van der Waals surface area contributed by atoms with Gasteiger partial charge < -0.3 is 15.0 Å². The van der Waals surface area contributed by atoms with Crippen LogP contribution >= 0.6 is 0 Å². The van der Waals surface area contributed by atoms with E-state index in [4.69, 9.17) is 4.74 Å². The molecule has 4 heteroatoms. The predicted octanol–water partition coefficient (Wildman–Crippen LogP) is 2.16. The second kappa shape index (κ2) is 5.54. The highest BCUT2D eigenvalue weighted by atomic mass is 16.6. The van der Waals surface area contributed by atoms with E-state index in [1.165, 1.54) is 5.57 Å². The van der Waals surface area contributed by atoms with Gasteiger partial charge in [-0.3, -0.25) is 0 Å². The fraction of sp³-hybridized carbons (Fsp3) is 0.769. The number of ether oxygens (including phenoxy) is 1. The number of hydrogen-bond donors (Lipinski definition) is 1. The number of nitrogens with zero attached hydrogens (tertiary/aromatic N) is 1. The molecule has 0 atom stereocenters. The third-order valence-electron chi connectivity index (χ3n) is 2.52. The molecular weight excluding hydrogens is 216 g/mol. The predicted molar refractivity (Wildman–Crippen MR) is 69.0 cm³/mol. The van der Waals surface area contributed by atoms with Crippen molar-refractivity contribution in [2.45, 2.75) is 45.8 Å². The van der Waals surface area contributed by atoms with Crippen LogP contribution in [-0.2, 0) is 4.74 Å². The van der Waals surface area contributed by atoms with Gasteiger partial charge in [0.25, 0.3) is 0 Å². The Labute approximate surface area is 104 Å². The smallest absolute Gasteiger partial charge is 0.410 e. The van der Waals surface area contributed by atoms with Gasteiger partial charge in [-0.2, -0.15) is 0 Å². The Morgan fingerprint density at radius 1 is 1.47 bits per heavy atom. The summed E-state index contributed by atoms with van der Waals surface area (Å²) in [4.78, 5) is 13.4. The maximum Gasteiger partial charge on any atom is 0.410 e. The van der Waals surface area contributed by atoms with Crippen LogP contribution in [0.15, 0.2) is 12.2 Å². The van der Waals surface area contributed by atoms with Gasteiger partial charge in [0.15, 0.2) is 0 Å². The van der Waals surface area contributed by atoms with Gasteiger partial charge in [-0.25, -0.2) is 4.79 Å². The van der Waals surface area contributed by atoms with Gasteiger partial charge in [0.05, 0.1) is 0 Å². The number of carbonyl (C=O) groups excluding carboxylic acids is 1. The molecule has 0 spiro atoms. The molecule has 0 aliphatic carbocycles. The first-order valence-electron chi connectivity index (χ1n) is 6.13. The molecule has 1 saturated heterocycles. The molecule has 0 aromatic heterocycles. The van der Waals surface area contributed by atoms with E-state index in [1.54, 1.807) is 4.90 Å². The molecule has 1 aliphatic rings. The Balaban J connectivity index is 2.14. The Hall–Kier alpha value is -1.03. The van der Waals surface area contributed by atoms with Gasteiger partial charge >= 0.3 is 6.09 Å². The van der Waals surface area contributed by atoms with Gasteiger partial charge in [0, 0.05) is 19.1 Å². The van der Waals surface area contributed by atoms with Crippen LogP contribution in [0.3, 0.4) is 0 Å². The summed E-state index contributed by atoms with van der Waals surface area (Å²) in [5.41, 5.74) is 0.774. The number of amides is 1. The molecule has 0 saturated carbocycles. The molecule has 1 aliphatic heterocycles. The molecule has 0 bridgehead atoms. The molecule has 0 radical (unpaired) electrons. The number of carbonyl (C=O) groups is 1. The minimum absolute atomic E-state index is 0.213. The lowest BCUT2D eigenvalue weighted by Crippen LogP contribution is -2.60. The Bertz CT molecular complexity index is 288. The number of nitrogens with one attached hydrogen (secondary N) is 1. The van der Waals surface area contributed by atoms with Gasteiger partial charge in [-0.1, -0.05) is 5.57 Å². The standard InChI is InChI=1S/C13H24N2O2/c1-10(2)6-7-14-11-8-15(9-11)12(16)17-13(3,4)5/h11,14H,1,6-9H2,2-5H3. The van der Waals surface area contributed by atoms with E-state index in [0.29, 0.717) is 6.04 Å². The third kappa shape index (κ3) is 5.22. The number of likely N-dealkylation sites (tertiary alicyclic amines) is 1. The summed E-state index contributed by atoms with van der Waals surface area (Å²) >= 11 is 0. The molecule has 1 heterocycles. The van der Waals surface area contributed by atoms with E-state index in [0.717, 1.165) is 26.1 Å². The van der Waals surface area contributed by atoms with Crippen molar-refractivity contribution in [3.63, 3.8) is 0 Å². The highest BCUT2D eigenvalue weighted by molar-refractivity contribution is 5.69. The van der Waals surface area contributed by atoms with E-state index in [9.17, 15) is 4.79 Å². The lowest BCUT2D eigenvalue weighted by atomic mass is 10.1. The van der Waals surface area contributed by atoms with Crippen LogP contribution in [0.2, 0.25) is 0 Å². The second-order valence-corrected chi connectivity index (χ2v) is 5.74. The normalized spacial score (nSPS) is 16.6. The third-order valence-corrected chi connectivity index (χ3v) is 2.52. The van der Waals surface area contributed by atoms with Crippen molar-refractivity contribution in [3.05, 3.63) is 12.2 Å². The van der Waals surface area contributed by atoms with Crippen LogP contribution < -0.4 is 5.32 Å². The van der Waals surface area contributed by atoms with E-state index in [-0.39, 0.29) is 6.09 Å². The highest BCUT2D eigenvalue weighted by Crippen LogP contribution is 2.15. The molecule has 0 unspecified atom stereocenters. The minimum Gasteiger partial charge on any atom is -0.444 e. The molecule has 17 heavy (non-hydrogen) atoms. The quantitative estimate of drug-likeness (QED) is 0.766. The Morgan fingerprint density at radius 2 is 2.06 bits per heavy atom. The average Bonchev–Trinajstić information content (AvgIpc) is 2.04. The lowest BCUT2D eigenvalue weighted by Gasteiger charge is -2.40. The highest BCUT2D eigenvalue weighted by Gasteiger charge is 2.32. The van der Waals surface area contributed by atoms with Crippen molar-refractivity contribution in [2.24, 2.45) is 0 Å². The van der Waals surface area contributed by atoms with E-state index in [1.807, 2.05) is 27.7 Å². The fourth-order valence-electron chi connectivity index (χ4n) is 1.57. The molecule has 1 fully saturated rings. The summed E-state index contributed by atoms with van der Waals surface area (Å²) in [5, 5.41) is 3.39. The summed E-state index contributed by atoms with van der Waals surface area (Å²) in [6.45, 7) is 13.9. The van der Waals surface area contributed by atoms with Crippen molar-refractivity contribution in [1.82, 2.24) is 10.2 Å². The van der Waals surface area contributed by atoms with Gasteiger partial charge in [-0.15, -0.1) is 6.58 Å². The van der Waals surface area contributed by atoms with E-state index >= 15 is 0 Å². The first-order valence-corrected chi connectivity index (χ1v) is 6.13. The first kappa shape index (κ1) is 14.0. The van der Waals surface area contributed by atoms with Crippen LogP contribution in [0.5, 0.6) is 0 Å². The summed E-state index contributed by atoms with van der Waals surface area (Å²) in [7, 11) is 0. The monoisotopic (exact) mass is 240 g/mol. The van der Waals surface area contributed by atoms with Crippen LogP contribution in [0.4, 0.5) is 4.79 Å². The SMILES string of the molecule is C=C(C)CCNC1CN(C(=O)OC(C)(C)C)C1. The van der Waals surface area contributed by atoms with Crippen molar-refractivity contribution < 1.29 is 9.53 Å². The first-order chi connectivity index (χ1) is 7.78. The Morgan fingerprint density at radius 3 is 2.53 bits per heavy atom. The largest absolute Gasteiger partial charge is 0.444 e. The fourth-order valence-corrected chi connectivity index (χ4v) is 1.57. The van der Waals surface area contributed by atoms with E-state index in [2.05, 4.69) is 11.9 Å². The van der Waals surface area contributed by atoms with Gasteiger partial charge in [0.2, 0.25) is 0 Å². The van der Waals surface area contributed by atoms with Crippen molar-refractivity contribution in [2.75, 3.05) is 19.6 Å². The molecule has 0 aromatic rings. The van der Waals surface area contributed by atoms with Crippen molar-refractivity contribution in [3.8, 4) is 0 Å².